The second kappa shape index (κ2) is 3.67. The van der Waals surface area contributed by atoms with Gasteiger partial charge in [-0.25, -0.2) is 4.79 Å². The summed E-state index contributed by atoms with van der Waals surface area (Å²) in [6.45, 7) is 5.94. The van der Waals surface area contributed by atoms with Crippen molar-refractivity contribution in [3.05, 3.63) is 34.5 Å². The normalized spacial score (nSPS) is 10.9. The summed E-state index contributed by atoms with van der Waals surface area (Å²) in [6.07, 6.45) is 0.933. The molecule has 0 aliphatic rings. The Morgan fingerprint density at radius 2 is 2.06 bits per heavy atom. The Morgan fingerprint density at radius 1 is 1.38 bits per heavy atom. The number of aromatic nitrogens is 1. The number of hydrogen-bond acceptors (Lipinski definition) is 1. The van der Waals surface area contributed by atoms with Crippen LogP contribution >= 0.6 is 0 Å². The summed E-state index contributed by atoms with van der Waals surface area (Å²) in [5, 5.41) is 10.1. The van der Waals surface area contributed by atoms with Crippen LogP contribution in [-0.4, -0.2) is 16.1 Å². The third-order valence-electron chi connectivity index (χ3n) is 3.09. The maximum atomic E-state index is 11.0. The molecule has 0 spiro atoms. The third kappa shape index (κ3) is 1.48. The number of rotatable bonds is 2. The predicted molar refractivity (Wildman–Crippen MR) is 64.1 cm³/mol. The fourth-order valence-electron chi connectivity index (χ4n) is 2.12. The topological polar surface area (TPSA) is 53.1 Å². The molecule has 2 rings (SSSR count). The molecule has 0 atom stereocenters. The molecular formula is C13H15NO2. The molecule has 0 unspecified atom stereocenters. The first-order valence-electron chi connectivity index (χ1n) is 5.39. The van der Waals surface area contributed by atoms with E-state index in [1.54, 1.807) is 6.07 Å². The number of fused-ring (bicyclic) bond motifs is 1. The summed E-state index contributed by atoms with van der Waals surface area (Å²) in [5.74, 6) is -0.863. The summed E-state index contributed by atoms with van der Waals surface area (Å²) in [7, 11) is 0. The molecule has 2 N–H and O–H groups in total. The second-order valence-corrected chi connectivity index (χ2v) is 4.10. The fourth-order valence-corrected chi connectivity index (χ4v) is 2.12. The molecule has 0 aliphatic heterocycles. The number of aromatic amines is 1. The van der Waals surface area contributed by atoms with Gasteiger partial charge in [-0.1, -0.05) is 6.92 Å². The van der Waals surface area contributed by atoms with E-state index < -0.39 is 5.97 Å². The monoisotopic (exact) mass is 217 g/mol. The minimum Gasteiger partial charge on any atom is -0.478 e. The molecule has 1 heterocycles. The van der Waals surface area contributed by atoms with E-state index >= 15 is 0 Å². The molecule has 0 amide bonds. The highest BCUT2D eigenvalue weighted by Gasteiger charge is 2.12. The van der Waals surface area contributed by atoms with Gasteiger partial charge in [0.15, 0.2) is 0 Å². The van der Waals surface area contributed by atoms with Gasteiger partial charge in [-0.3, -0.25) is 0 Å². The van der Waals surface area contributed by atoms with Crippen LogP contribution in [0.3, 0.4) is 0 Å². The lowest BCUT2D eigenvalue weighted by atomic mass is 10.0. The number of hydrogen-bond donors (Lipinski definition) is 2. The van der Waals surface area contributed by atoms with Gasteiger partial charge in [0.1, 0.15) is 0 Å². The smallest absolute Gasteiger partial charge is 0.335 e. The van der Waals surface area contributed by atoms with E-state index in [2.05, 4.69) is 11.9 Å². The number of nitrogens with one attached hydrogen (secondary N) is 1. The highest BCUT2D eigenvalue weighted by molar-refractivity contribution is 5.96. The summed E-state index contributed by atoms with van der Waals surface area (Å²) in [5.41, 5.74) is 4.54. The molecule has 84 valence electrons. The third-order valence-corrected chi connectivity index (χ3v) is 3.09. The van der Waals surface area contributed by atoms with Gasteiger partial charge in [-0.05, 0) is 43.5 Å². The largest absolute Gasteiger partial charge is 0.478 e. The molecule has 3 heteroatoms. The summed E-state index contributed by atoms with van der Waals surface area (Å²) in [6, 6.07) is 3.67. The van der Waals surface area contributed by atoms with E-state index in [0.29, 0.717) is 5.56 Å². The van der Waals surface area contributed by atoms with Crippen LogP contribution in [0.15, 0.2) is 12.1 Å². The lowest BCUT2D eigenvalue weighted by Crippen LogP contribution is -1.99. The van der Waals surface area contributed by atoms with Crippen LogP contribution in [0.5, 0.6) is 0 Å². The molecule has 1 aromatic heterocycles. The summed E-state index contributed by atoms with van der Waals surface area (Å²) >= 11 is 0. The Kier molecular flexibility index (Phi) is 2.46. The molecule has 0 bridgehead atoms. The maximum absolute atomic E-state index is 11.0. The van der Waals surface area contributed by atoms with Gasteiger partial charge in [0.25, 0.3) is 0 Å². The Hall–Kier alpha value is -1.77. The average molecular weight is 217 g/mol. The molecule has 1 aromatic carbocycles. The van der Waals surface area contributed by atoms with E-state index in [1.807, 2.05) is 19.9 Å². The number of carboxylic acid groups (broad SMARTS) is 1. The molecule has 0 fully saturated rings. The van der Waals surface area contributed by atoms with Crippen molar-refractivity contribution in [3.8, 4) is 0 Å². The Bertz CT molecular complexity index is 567. The van der Waals surface area contributed by atoms with Gasteiger partial charge in [0, 0.05) is 16.6 Å². The fraction of sp³-hybridized carbons (Fsp3) is 0.308. The zero-order valence-corrected chi connectivity index (χ0v) is 9.72. The van der Waals surface area contributed by atoms with Crippen LogP contribution in [-0.2, 0) is 6.42 Å². The van der Waals surface area contributed by atoms with Crippen molar-refractivity contribution >= 4 is 16.9 Å². The van der Waals surface area contributed by atoms with E-state index in [4.69, 9.17) is 5.11 Å². The van der Waals surface area contributed by atoms with Crippen LogP contribution in [0.25, 0.3) is 10.9 Å². The van der Waals surface area contributed by atoms with Crippen LogP contribution in [0, 0.1) is 13.8 Å². The van der Waals surface area contributed by atoms with Crippen molar-refractivity contribution in [1.29, 1.82) is 0 Å². The Balaban J connectivity index is 2.77. The van der Waals surface area contributed by atoms with Crippen molar-refractivity contribution in [2.24, 2.45) is 0 Å². The average Bonchev–Trinajstić information content (AvgIpc) is 2.53. The Labute approximate surface area is 94.1 Å². The minimum absolute atomic E-state index is 0.386. The number of carboxylic acids is 1. The first-order chi connectivity index (χ1) is 7.54. The van der Waals surface area contributed by atoms with Crippen LogP contribution in [0.1, 0.15) is 34.1 Å². The number of aryl methyl sites for hydroxylation is 3. The molecule has 0 saturated carbocycles. The van der Waals surface area contributed by atoms with E-state index in [1.165, 1.54) is 5.69 Å². The highest BCUT2D eigenvalue weighted by atomic mass is 16.4. The lowest BCUT2D eigenvalue weighted by Gasteiger charge is -2.01. The van der Waals surface area contributed by atoms with Crippen molar-refractivity contribution < 1.29 is 9.90 Å². The number of aromatic carboxylic acids is 1. The lowest BCUT2D eigenvalue weighted by molar-refractivity contribution is 0.0696. The standard InChI is InChI=1S/C13H15NO2/c1-4-11-8(3)10-6-9(13(15)16)7(2)5-12(10)14-11/h5-6,14H,4H2,1-3H3,(H,15,16). The van der Waals surface area contributed by atoms with Crippen molar-refractivity contribution in [1.82, 2.24) is 4.98 Å². The van der Waals surface area contributed by atoms with Gasteiger partial charge >= 0.3 is 5.97 Å². The SMILES string of the molecule is CCc1[nH]c2cc(C)c(C(=O)O)cc2c1C. The van der Waals surface area contributed by atoms with Gasteiger partial charge in [0.05, 0.1) is 5.56 Å². The first kappa shape index (κ1) is 10.7. The van der Waals surface area contributed by atoms with E-state index in [0.717, 1.165) is 28.5 Å². The molecule has 0 radical (unpaired) electrons. The zero-order valence-electron chi connectivity index (χ0n) is 9.72. The predicted octanol–water partition coefficient (Wildman–Crippen LogP) is 3.05. The quantitative estimate of drug-likeness (QED) is 0.812. The van der Waals surface area contributed by atoms with Gasteiger partial charge in [-0.15, -0.1) is 0 Å². The van der Waals surface area contributed by atoms with Crippen molar-refractivity contribution in [2.75, 3.05) is 0 Å². The molecule has 0 aliphatic carbocycles. The number of carbonyl (C=O) groups is 1. The maximum Gasteiger partial charge on any atom is 0.335 e. The van der Waals surface area contributed by atoms with E-state index in [9.17, 15) is 4.79 Å². The van der Waals surface area contributed by atoms with Crippen LogP contribution < -0.4 is 0 Å². The van der Waals surface area contributed by atoms with Gasteiger partial charge in [-0.2, -0.15) is 0 Å². The van der Waals surface area contributed by atoms with E-state index in [-0.39, 0.29) is 0 Å². The van der Waals surface area contributed by atoms with Crippen LogP contribution in [0.2, 0.25) is 0 Å². The molecule has 2 aromatic rings. The van der Waals surface area contributed by atoms with Crippen molar-refractivity contribution in [2.45, 2.75) is 27.2 Å². The van der Waals surface area contributed by atoms with Crippen LogP contribution in [0.4, 0.5) is 0 Å². The van der Waals surface area contributed by atoms with Gasteiger partial charge in [0.2, 0.25) is 0 Å². The highest BCUT2D eigenvalue weighted by Crippen LogP contribution is 2.25. The molecule has 0 saturated heterocycles. The molecule has 16 heavy (non-hydrogen) atoms. The molecular weight excluding hydrogens is 202 g/mol. The number of H-pyrrole nitrogens is 1. The number of benzene rings is 1. The molecule has 3 nitrogen and oxygen atoms in total. The summed E-state index contributed by atoms with van der Waals surface area (Å²) < 4.78 is 0. The zero-order chi connectivity index (χ0) is 11.9. The van der Waals surface area contributed by atoms with Gasteiger partial charge < -0.3 is 10.1 Å². The minimum atomic E-state index is -0.863. The van der Waals surface area contributed by atoms with Crippen molar-refractivity contribution in [3.63, 3.8) is 0 Å². The summed E-state index contributed by atoms with van der Waals surface area (Å²) in [4.78, 5) is 14.4. The second-order valence-electron chi connectivity index (χ2n) is 4.10. The Morgan fingerprint density at radius 3 is 2.62 bits per heavy atom. The first-order valence-corrected chi connectivity index (χ1v) is 5.39.